The van der Waals surface area contributed by atoms with Gasteiger partial charge in [0.05, 0.1) is 0 Å². The molecule has 2 atom stereocenters. The molecule has 2 N–H and O–H groups in total. The third-order valence-electron chi connectivity index (χ3n) is 3.99. The Morgan fingerprint density at radius 2 is 1.95 bits per heavy atom. The van der Waals surface area contributed by atoms with Gasteiger partial charge >= 0.3 is 0 Å². The third kappa shape index (κ3) is 3.82. The standard InChI is InChI=1S/C15H26N4/c1-4-7-16-14-12(3)15(19-10-18-14)17-9-13-6-5-11(2)8-13/h10-11,13H,4-9H2,1-3H3,(H2,16,17,18,19). The van der Waals surface area contributed by atoms with E-state index in [2.05, 4.69) is 41.4 Å². The molecule has 0 aromatic carbocycles. The van der Waals surface area contributed by atoms with Crippen LogP contribution in [0.25, 0.3) is 0 Å². The van der Waals surface area contributed by atoms with Gasteiger partial charge in [-0.25, -0.2) is 9.97 Å². The predicted octanol–water partition coefficient (Wildman–Crippen LogP) is 3.46. The topological polar surface area (TPSA) is 49.8 Å². The van der Waals surface area contributed by atoms with Crippen LogP contribution in [0.1, 0.15) is 45.1 Å². The fraction of sp³-hybridized carbons (Fsp3) is 0.733. The van der Waals surface area contributed by atoms with E-state index < -0.39 is 0 Å². The first-order valence-electron chi connectivity index (χ1n) is 7.50. The molecule has 106 valence electrons. The van der Waals surface area contributed by atoms with Gasteiger partial charge in [-0.05, 0) is 38.0 Å². The van der Waals surface area contributed by atoms with Gasteiger partial charge in [0, 0.05) is 18.7 Å². The van der Waals surface area contributed by atoms with Gasteiger partial charge in [-0.2, -0.15) is 0 Å². The molecule has 1 saturated carbocycles. The van der Waals surface area contributed by atoms with Gasteiger partial charge in [-0.1, -0.05) is 20.3 Å². The fourth-order valence-electron chi connectivity index (χ4n) is 2.80. The molecule has 4 nitrogen and oxygen atoms in total. The molecule has 1 aromatic heterocycles. The molecule has 0 aliphatic heterocycles. The SMILES string of the molecule is CCCNc1ncnc(NCC2CCC(C)C2)c1C. The van der Waals surface area contributed by atoms with Crippen molar-refractivity contribution in [2.24, 2.45) is 11.8 Å². The van der Waals surface area contributed by atoms with Crippen LogP contribution >= 0.6 is 0 Å². The second-order valence-electron chi connectivity index (χ2n) is 5.79. The monoisotopic (exact) mass is 262 g/mol. The highest BCUT2D eigenvalue weighted by Gasteiger charge is 2.21. The average Bonchev–Trinajstić information content (AvgIpc) is 2.82. The molecule has 0 radical (unpaired) electrons. The van der Waals surface area contributed by atoms with Crippen LogP contribution in [0, 0.1) is 18.8 Å². The predicted molar refractivity (Wildman–Crippen MR) is 80.5 cm³/mol. The maximum Gasteiger partial charge on any atom is 0.134 e. The normalized spacial score (nSPS) is 22.5. The molecule has 0 spiro atoms. The van der Waals surface area contributed by atoms with E-state index in [1.807, 2.05) is 0 Å². The van der Waals surface area contributed by atoms with Crippen molar-refractivity contribution in [3.8, 4) is 0 Å². The van der Waals surface area contributed by atoms with E-state index in [4.69, 9.17) is 0 Å². The molecular formula is C15H26N4. The molecule has 4 heteroatoms. The number of nitrogens with one attached hydrogen (secondary N) is 2. The molecule has 1 aromatic rings. The lowest BCUT2D eigenvalue weighted by molar-refractivity contribution is 0.536. The number of anilines is 2. The Morgan fingerprint density at radius 1 is 1.21 bits per heavy atom. The number of hydrogen-bond donors (Lipinski definition) is 2. The van der Waals surface area contributed by atoms with Crippen molar-refractivity contribution in [2.75, 3.05) is 23.7 Å². The molecule has 1 fully saturated rings. The van der Waals surface area contributed by atoms with Crippen molar-refractivity contribution in [3.05, 3.63) is 11.9 Å². The van der Waals surface area contributed by atoms with Crippen molar-refractivity contribution in [2.45, 2.75) is 46.5 Å². The summed E-state index contributed by atoms with van der Waals surface area (Å²) in [5.74, 6) is 3.63. The number of hydrogen-bond acceptors (Lipinski definition) is 4. The molecule has 0 bridgehead atoms. The first-order valence-corrected chi connectivity index (χ1v) is 7.50. The molecule has 19 heavy (non-hydrogen) atoms. The van der Waals surface area contributed by atoms with Crippen LogP contribution in [0.5, 0.6) is 0 Å². The van der Waals surface area contributed by atoms with Crippen LogP contribution in [-0.2, 0) is 0 Å². The lowest BCUT2D eigenvalue weighted by Crippen LogP contribution is -2.14. The smallest absolute Gasteiger partial charge is 0.134 e. The summed E-state index contributed by atoms with van der Waals surface area (Å²) in [6.07, 6.45) is 6.81. The highest BCUT2D eigenvalue weighted by Crippen LogP contribution is 2.30. The summed E-state index contributed by atoms with van der Waals surface area (Å²) in [5.41, 5.74) is 1.13. The zero-order valence-corrected chi connectivity index (χ0v) is 12.4. The first kappa shape index (κ1) is 14.1. The summed E-state index contributed by atoms with van der Waals surface area (Å²) in [4.78, 5) is 8.67. The Kier molecular flexibility index (Phi) is 5.00. The van der Waals surface area contributed by atoms with E-state index in [1.54, 1.807) is 6.33 Å². The van der Waals surface area contributed by atoms with Crippen molar-refractivity contribution in [1.29, 1.82) is 0 Å². The van der Waals surface area contributed by atoms with Crippen molar-refractivity contribution in [3.63, 3.8) is 0 Å². The Bertz CT molecular complexity index is 405. The highest BCUT2D eigenvalue weighted by molar-refractivity contribution is 5.56. The van der Waals surface area contributed by atoms with E-state index in [1.165, 1.54) is 19.3 Å². The Balaban J connectivity index is 1.92. The first-order chi connectivity index (χ1) is 9.20. The lowest BCUT2D eigenvalue weighted by Gasteiger charge is -2.15. The summed E-state index contributed by atoms with van der Waals surface area (Å²) < 4.78 is 0. The summed E-state index contributed by atoms with van der Waals surface area (Å²) in [7, 11) is 0. The molecule has 0 saturated heterocycles. The quantitative estimate of drug-likeness (QED) is 0.824. The minimum Gasteiger partial charge on any atom is -0.370 e. The zero-order chi connectivity index (χ0) is 13.7. The molecular weight excluding hydrogens is 236 g/mol. The molecule has 2 rings (SSSR count). The molecule has 1 aliphatic carbocycles. The van der Waals surface area contributed by atoms with Gasteiger partial charge in [0.25, 0.3) is 0 Å². The van der Waals surface area contributed by atoms with Crippen LogP contribution in [0.3, 0.4) is 0 Å². The van der Waals surface area contributed by atoms with Crippen molar-refractivity contribution in [1.82, 2.24) is 9.97 Å². The van der Waals surface area contributed by atoms with E-state index in [0.717, 1.165) is 48.5 Å². The zero-order valence-electron chi connectivity index (χ0n) is 12.4. The summed E-state index contributed by atoms with van der Waals surface area (Å²) >= 11 is 0. The lowest BCUT2D eigenvalue weighted by atomic mass is 10.1. The minimum absolute atomic E-state index is 0.802. The van der Waals surface area contributed by atoms with Crippen molar-refractivity contribution >= 4 is 11.6 Å². The second-order valence-corrected chi connectivity index (χ2v) is 5.79. The van der Waals surface area contributed by atoms with Gasteiger partial charge in [0.2, 0.25) is 0 Å². The van der Waals surface area contributed by atoms with E-state index in [9.17, 15) is 0 Å². The minimum atomic E-state index is 0.802. The number of rotatable bonds is 6. The maximum absolute atomic E-state index is 4.36. The Morgan fingerprint density at radius 3 is 2.58 bits per heavy atom. The van der Waals surface area contributed by atoms with Crippen LogP contribution in [0.15, 0.2) is 6.33 Å². The summed E-state index contributed by atoms with van der Waals surface area (Å²) in [6, 6.07) is 0. The second kappa shape index (κ2) is 6.73. The maximum atomic E-state index is 4.36. The van der Waals surface area contributed by atoms with E-state index in [-0.39, 0.29) is 0 Å². The molecule has 1 heterocycles. The van der Waals surface area contributed by atoms with Gasteiger partial charge < -0.3 is 10.6 Å². The average molecular weight is 262 g/mol. The summed E-state index contributed by atoms with van der Waals surface area (Å²) in [5, 5.41) is 6.85. The Hall–Kier alpha value is -1.32. The molecule has 0 amide bonds. The Labute approximate surface area is 116 Å². The van der Waals surface area contributed by atoms with Gasteiger partial charge in [0.1, 0.15) is 18.0 Å². The van der Waals surface area contributed by atoms with Gasteiger partial charge in [-0.15, -0.1) is 0 Å². The van der Waals surface area contributed by atoms with E-state index >= 15 is 0 Å². The van der Waals surface area contributed by atoms with Gasteiger partial charge in [-0.3, -0.25) is 0 Å². The fourth-order valence-corrected chi connectivity index (χ4v) is 2.80. The van der Waals surface area contributed by atoms with Crippen LogP contribution < -0.4 is 10.6 Å². The molecule has 1 aliphatic rings. The highest BCUT2D eigenvalue weighted by atomic mass is 15.1. The third-order valence-corrected chi connectivity index (χ3v) is 3.99. The van der Waals surface area contributed by atoms with Crippen LogP contribution in [-0.4, -0.2) is 23.1 Å². The number of aromatic nitrogens is 2. The van der Waals surface area contributed by atoms with Gasteiger partial charge in [0.15, 0.2) is 0 Å². The van der Waals surface area contributed by atoms with E-state index in [0.29, 0.717) is 0 Å². The number of nitrogens with zero attached hydrogens (tertiary/aromatic N) is 2. The van der Waals surface area contributed by atoms with Crippen molar-refractivity contribution < 1.29 is 0 Å². The van der Waals surface area contributed by atoms with Crippen LogP contribution in [0.2, 0.25) is 0 Å². The van der Waals surface area contributed by atoms with Crippen LogP contribution in [0.4, 0.5) is 11.6 Å². The summed E-state index contributed by atoms with van der Waals surface area (Å²) in [6.45, 7) is 8.58. The largest absolute Gasteiger partial charge is 0.370 e. The molecule has 2 unspecified atom stereocenters.